The van der Waals surface area contributed by atoms with Crippen molar-refractivity contribution in [3.63, 3.8) is 0 Å². The summed E-state index contributed by atoms with van der Waals surface area (Å²) >= 11 is 0. The monoisotopic (exact) mass is 375 g/mol. The Kier molecular flexibility index (Phi) is 5.38. The molecule has 3 rings (SSSR count). The number of sulfone groups is 1. The third kappa shape index (κ3) is 3.50. The molecule has 0 N–H and O–H groups in total. The second-order valence-corrected chi connectivity index (χ2v) is 8.20. The van der Waals surface area contributed by atoms with E-state index in [4.69, 9.17) is 9.47 Å². The van der Waals surface area contributed by atoms with Crippen LogP contribution < -0.4 is 0 Å². The van der Waals surface area contributed by atoms with Gasteiger partial charge < -0.3 is 9.47 Å². The number of pyridine rings is 1. The van der Waals surface area contributed by atoms with Gasteiger partial charge in [-0.05, 0) is 32.4 Å². The third-order valence-corrected chi connectivity index (χ3v) is 6.87. The molecule has 0 bridgehead atoms. The van der Waals surface area contributed by atoms with Crippen molar-refractivity contribution in [2.45, 2.75) is 36.5 Å². The molecule has 1 aromatic heterocycles. The summed E-state index contributed by atoms with van der Waals surface area (Å²) in [6, 6.07) is 7.08. The fourth-order valence-corrected chi connectivity index (χ4v) is 5.41. The van der Waals surface area contributed by atoms with Crippen LogP contribution in [0.1, 0.15) is 25.8 Å². The summed E-state index contributed by atoms with van der Waals surface area (Å²) < 4.78 is 37.1. The molecule has 1 aromatic carbocycles. The van der Waals surface area contributed by atoms with E-state index in [-0.39, 0.29) is 17.6 Å². The highest BCUT2D eigenvalue weighted by molar-refractivity contribution is 7.92. The molecule has 2 heterocycles. The van der Waals surface area contributed by atoms with E-state index in [1.54, 1.807) is 38.1 Å². The van der Waals surface area contributed by atoms with E-state index in [0.717, 1.165) is 0 Å². The molecule has 1 saturated heterocycles. The number of ether oxygens (including phenoxy) is 2. The Hall–Kier alpha value is -2.25. The first kappa shape index (κ1) is 18.5. The van der Waals surface area contributed by atoms with Crippen LogP contribution in [0, 0.1) is 0 Å². The highest BCUT2D eigenvalue weighted by atomic mass is 32.2. The van der Waals surface area contributed by atoms with Gasteiger partial charge in [-0.15, -0.1) is 0 Å². The maximum atomic E-state index is 13.4. The predicted molar refractivity (Wildman–Crippen MR) is 98.4 cm³/mol. The number of para-hydroxylation sites is 1. The van der Waals surface area contributed by atoms with Crippen LogP contribution in [-0.2, 0) is 24.1 Å². The van der Waals surface area contributed by atoms with E-state index < -0.39 is 21.1 Å². The van der Waals surface area contributed by atoms with Gasteiger partial charge >= 0.3 is 5.97 Å². The Morgan fingerprint density at radius 3 is 2.85 bits per heavy atom. The van der Waals surface area contributed by atoms with Gasteiger partial charge in [-0.1, -0.05) is 18.2 Å². The predicted octanol–water partition coefficient (Wildman–Crippen LogP) is 2.76. The Balaban J connectivity index is 2.17. The number of fused-ring (bicyclic) bond motifs is 1. The first-order valence-corrected chi connectivity index (χ1v) is 10.1. The fourth-order valence-electron chi connectivity index (χ4n) is 3.19. The molecule has 7 heteroatoms. The Morgan fingerprint density at radius 1 is 1.38 bits per heavy atom. The molecule has 6 nitrogen and oxygen atoms in total. The first-order chi connectivity index (χ1) is 12.4. The number of carbonyl (C=O) groups is 1. The summed E-state index contributed by atoms with van der Waals surface area (Å²) in [7, 11) is -3.67. The standard InChI is InChI=1S/C19H21NO5S/c1-3-24-18(21)9-8-14-12-20-16-7-5-4-6-15(16)19(14)26(22,23)17-10-11-25-13(17)2/h4-9,12-13,17H,3,10-11H2,1-2H3/b9-8+. The lowest BCUT2D eigenvalue weighted by Crippen LogP contribution is -2.28. The number of aromatic nitrogens is 1. The quantitative estimate of drug-likeness (QED) is 0.590. The highest BCUT2D eigenvalue weighted by Gasteiger charge is 2.38. The summed E-state index contributed by atoms with van der Waals surface area (Å²) in [5.41, 5.74) is 0.960. The molecule has 0 amide bonds. The fraction of sp³-hybridized carbons (Fsp3) is 0.368. The highest BCUT2D eigenvalue weighted by Crippen LogP contribution is 2.33. The van der Waals surface area contributed by atoms with Gasteiger partial charge in [0.1, 0.15) is 0 Å². The number of hydrogen-bond acceptors (Lipinski definition) is 6. The molecule has 2 unspecified atom stereocenters. The molecule has 1 aliphatic heterocycles. The van der Waals surface area contributed by atoms with Crippen LogP contribution in [-0.4, -0.2) is 43.9 Å². The van der Waals surface area contributed by atoms with Crippen molar-refractivity contribution in [1.82, 2.24) is 4.98 Å². The molecular weight excluding hydrogens is 354 g/mol. The van der Waals surface area contributed by atoms with E-state index >= 15 is 0 Å². The van der Waals surface area contributed by atoms with Gasteiger partial charge in [0.05, 0.1) is 28.4 Å². The molecule has 138 valence electrons. The Bertz CT molecular complexity index is 952. The Morgan fingerprint density at radius 2 is 2.15 bits per heavy atom. The molecule has 26 heavy (non-hydrogen) atoms. The summed E-state index contributed by atoms with van der Waals surface area (Å²) in [5, 5.41) is -0.0827. The summed E-state index contributed by atoms with van der Waals surface area (Å²) in [4.78, 5) is 16.2. The van der Waals surface area contributed by atoms with Crippen molar-refractivity contribution >= 4 is 32.8 Å². The van der Waals surface area contributed by atoms with E-state index in [0.29, 0.717) is 29.5 Å². The lowest BCUT2D eigenvalue weighted by molar-refractivity contribution is -0.137. The number of esters is 1. The average Bonchev–Trinajstić information content (AvgIpc) is 3.06. The Labute approximate surface area is 152 Å². The second kappa shape index (κ2) is 7.55. The summed E-state index contributed by atoms with van der Waals surface area (Å²) in [6.45, 7) is 4.15. The van der Waals surface area contributed by atoms with Crippen molar-refractivity contribution < 1.29 is 22.7 Å². The van der Waals surface area contributed by atoms with Gasteiger partial charge in [0.15, 0.2) is 9.84 Å². The van der Waals surface area contributed by atoms with E-state index in [9.17, 15) is 13.2 Å². The number of carbonyl (C=O) groups excluding carboxylic acids is 1. The SMILES string of the molecule is CCOC(=O)/C=C/c1cnc2ccccc2c1S(=O)(=O)C1CCOC1C. The van der Waals surface area contributed by atoms with Crippen LogP contribution in [0.2, 0.25) is 0 Å². The van der Waals surface area contributed by atoms with Gasteiger partial charge in [0, 0.05) is 29.8 Å². The van der Waals surface area contributed by atoms with Gasteiger partial charge in [-0.25, -0.2) is 13.2 Å². The summed E-state index contributed by atoms with van der Waals surface area (Å²) in [5.74, 6) is -0.526. The second-order valence-electron chi connectivity index (χ2n) is 6.09. The molecule has 1 aliphatic rings. The van der Waals surface area contributed by atoms with E-state index in [1.165, 1.54) is 18.3 Å². The van der Waals surface area contributed by atoms with Crippen molar-refractivity contribution in [2.24, 2.45) is 0 Å². The van der Waals surface area contributed by atoms with Crippen molar-refractivity contribution in [3.8, 4) is 0 Å². The van der Waals surface area contributed by atoms with E-state index in [2.05, 4.69) is 4.98 Å². The molecule has 0 spiro atoms. The van der Waals surface area contributed by atoms with Gasteiger partial charge in [-0.2, -0.15) is 0 Å². The molecule has 0 aliphatic carbocycles. The zero-order chi connectivity index (χ0) is 18.7. The minimum Gasteiger partial charge on any atom is -0.463 e. The summed E-state index contributed by atoms with van der Waals surface area (Å²) in [6.07, 6.45) is 4.22. The van der Waals surface area contributed by atoms with Crippen LogP contribution in [0.15, 0.2) is 41.4 Å². The number of benzene rings is 1. The topological polar surface area (TPSA) is 82.6 Å². The lowest BCUT2D eigenvalue weighted by Gasteiger charge is -2.18. The van der Waals surface area contributed by atoms with Gasteiger partial charge in [0.25, 0.3) is 0 Å². The number of rotatable bonds is 5. The smallest absolute Gasteiger partial charge is 0.330 e. The largest absolute Gasteiger partial charge is 0.463 e. The average molecular weight is 375 g/mol. The van der Waals surface area contributed by atoms with Crippen molar-refractivity contribution in [3.05, 3.63) is 42.1 Å². The van der Waals surface area contributed by atoms with Crippen LogP contribution in [0.25, 0.3) is 17.0 Å². The third-order valence-electron chi connectivity index (χ3n) is 4.43. The molecular formula is C19H21NO5S. The van der Waals surface area contributed by atoms with Crippen molar-refractivity contribution in [2.75, 3.05) is 13.2 Å². The van der Waals surface area contributed by atoms with Crippen LogP contribution in [0.3, 0.4) is 0 Å². The zero-order valence-corrected chi connectivity index (χ0v) is 15.5. The van der Waals surface area contributed by atoms with E-state index in [1.807, 2.05) is 0 Å². The molecule has 1 fully saturated rings. The molecule has 2 aromatic rings. The van der Waals surface area contributed by atoms with Crippen LogP contribution in [0.4, 0.5) is 0 Å². The maximum Gasteiger partial charge on any atom is 0.330 e. The molecule has 0 radical (unpaired) electrons. The number of hydrogen-bond donors (Lipinski definition) is 0. The maximum absolute atomic E-state index is 13.4. The van der Waals surface area contributed by atoms with Crippen molar-refractivity contribution in [1.29, 1.82) is 0 Å². The molecule has 2 atom stereocenters. The zero-order valence-electron chi connectivity index (χ0n) is 14.7. The van der Waals surface area contributed by atoms with Crippen LogP contribution >= 0.6 is 0 Å². The number of nitrogens with zero attached hydrogens (tertiary/aromatic N) is 1. The minimum absolute atomic E-state index is 0.186. The van der Waals surface area contributed by atoms with Gasteiger partial charge in [0.2, 0.25) is 0 Å². The minimum atomic E-state index is -3.67. The lowest BCUT2D eigenvalue weighted by atomic mass is 10.1. The van der Waals surface area contributed by atoms with Crippen LogP contribution in [0.5, 0.6) is 0 Å². The normalized spacial score (nSPS) is 20.7. The van der Waals surface area contributed by atoms with Gasteiger partial charge in [-0.3, -0.25) is 4.98 Å². The molecule has 0 saturated carbocycles. The first-order valence-electron chi connectivity index (χ1n) is 8.53.